The van der Waals surface area contributed by atoms with E-state index in [0.717, 1.165) is 70.6 Å². The van der Waals surface area contributed by atoms with Gasteiger partial charge in [0.05, 0.1) is 11.7 Å². The number of aromatic nitrogens is 3. The summed E-state index contributed by atoms with van der Waals surface area (Å²) in [6, 6.07) is 4.00. The smallest absolute Gasteiger partial charge is 0.290 e. The molecule has 24 heavy (non-hydrogen) atoms. The van der Waals surface area contributed by atoms with Crippen molar-refractivity contribution in [2.24, 2.45) is 0 Å². The first-order valence-electron chi connectivity index (χ1n) is 8.77. The predicted octanol–water partition coefficient (Wildman–Crippen LogP) is 0.886. The number of nitrogens with zero attached hydrogens (tertiary/aromatic N) is 4. The fourth-order valence-electron chi connectivity index (χ4n) is 3.54. The minimum Gasteiger partial charge on any atom is -0.594 e. The van der Waals surface area contributed by atoms with Gasteiger partial charge in [0.25, 0.3) is 11.5 Å². The van der Waals surface area contributed by atoms with E-state index < -0.39 is 0 Å². The van der Waals surface area contributed by atoms with Crippen molar-refractivity contribution in [3.05, 3.63) is 28.5 Å². The summed E-state index contributed by atoms with van der Waals surface area (Å²) in [5, 5.41) is 19.4. The molecule has 0 saturated carbocycles. The number of hydrogen-bond donors (Lipinski definition) is 1. The fourth-order valence-corrected chi connectivity index (χ4v) is 3.54. The zero-order valence-electron chi connectivity index (χ0n) is 13.8. The van der Waals surface area contributed by atoms with Crippen LogP contribution in [0.4, 0.5) is 5.95 Å². The van der Waals surface area contributed by atoms with Gasteiger partial charge in [-0.05, 0) is 47.7 Å². The zero-order chi connectivity index (χ0) is 16.4. The Bertz CT molecular complexity index is 728. The molecule has 4 rings (SSSR count). The number of hydrogen-bond acceptors (Lipinski definition) is 6. The van der Waals surface area contributed by atoms with Crippen LogP contribution in [0.5, 0.6) is 0 Å². The second kappa shape index (κ2) is 6.86. The Hall–Kier alpha value is -1.99. The third kappa shape index (κ3) is 3.27. The van der Waals surface area contributed by atoms with Crippen LogP contribution in [0, 0.1) is 5.21 Å². The summed E-state index contributed by atoms with van der Waals surface area (Å²) in [5.41, 5.74) is 3.87. The van der Waals surface area contributed by atoms with Crippen LogP contribution in [0.15, 0.2) is 12.1 Å². The summed E-state index contributed by atoms with van der Waals surface area (Å²) < 4.78 is 5.46. The first-order chi connectivity index (χ1) is 11.8. The quantitative estimate of drug-likeness (QED) is 0.663. The standard InChI is InChI=1S/C17H23N5O2/c23-22-16-12-14-4-1-3-13(14)11-15(16)19-17(20-22)18-5-7-21-6-2-9-24-10-8-21/h11-12H,1-10H2,(H,18,19,20). The maximum Gasteiger partial charge on any atom is 0.290 e. The van der Waals surface area contributed by atoms with Crippen LogP contribution in [0.25, 0.3) is 11.0 Å². The summed E-state index contributed by atoms with van der Waals surface area (Å²) in [7, 11) is 0. The first kappa shape index (κ1) is 15.5. The van der Waals surface area contributed by atoms with Gasteiger partial charge in [0.15, 0.2) is 0 Å². The number of anilines is 1. The Balaban J connectivity index is 1.45. The minimum atomic E-state index is 0.404. The monoisotopic (exact) mass is 329 g/mol. The van der Waals surface area contributed by atoms with Crippen LogP contribution in [-0.4, -0.2) is 54.4 Å². The van der Waals surface area contributed by atoms with E-state index in [1.165, 1.54) is 11.1 Å². The van der Waals surface area contributed by atoms with Crippen molar-refractivity contribution in [3.63, 3.8) is 0 Å². The molecule has 7 nitrogen and oxygen atoms in total. The molecule has 1 aromatic heterocycles. The van der Waals surface area contributed by atoms with E-state index in [2.05, 4.69) is 20.3 Å². The van der Waals surface area contributed by atoms with Gasteiger partial charge in [-0.1, -0.05) is 0 Å². The van der Waals surface area contributed by atoms with Crippen molar-refractivity contribution in [1.29, 1.82) is 0 Å². The number of nitrogens with one attached hydrogen (secondary N) is 1. The second-order valence-corrected chi connectivity index (χ2v) is 6.51. The molecule has 0 unspecified atom stereocenters. The SMILES string of the molecule is [O-][n+]1nc(NCCN2CCCOCC2)nc2cc3c(cc21)CCC3. The average molecular weight is 329 g/mol. The van der Waals surface area contributed by atoms with Gasteiger partial charge >= 0.3 is 0 Å². The molecule has 1 fully saturated rings. The van der Waals surface area contributed by atoms with Gasteiger partial charge in [0.2, 0.25) is 0 Å². The summed E-state index contributed by atoms with van der Waals surface area (Å²) in [4.78, 5) is 7.59. The molecule has 2 aliphatic rings. The maximum absolute atomic E-state index is 12.2. The van der Waals surface area contributed by atoms with E-state index in [1.54, 1.807) is 0 Å². The molecule has 0 radical (unpaired) electrons. The molecule has 1 N–H and O–H groups in total. The zero-order valence-corrected chi connectivity index (χ0v) is 13.8. The van der Waals surface area contributed by atoms with Gasteiger partial charge in [-0.15, -0.1) is 0 Å². The molecule has 2 heterocycles. The van der Waals surface area contributed by atoms with E-state index in [-0.39, 0.29) is 0 Å². The Labute approximate surface area is 141 Å². The lowest BCUT2D eigenvalue weighted by molar-refractivity contribution is -0.641. The molecule has 0 bridgehead atoms. The maximum atomic E-state index is 12.2. The lowest BCUT2D eigenvalue weighted by Crippen LogP contribution is -2.35. The number of ether oxygens (including phenoxy) is 1. The van der Waals surface area contributed by atoms with Crippen LogP contribution in [0.3, 0.4) is 0 Å². The van der Waals surface area contributed by atoms with E-state index in [9.17, 15) is 5.21 Å². The molecule has 1 aromatic carbocycles. The highest BCUT2D eigenvalue weighted by atomic mass is 16.5. The highest BCUT2D eigenvalue weighted by molar-refractivity contribution is 5.74. The van der Waals surface area contributed by atoms with Gasteiger partial charge in [-0.3, -0.25) is 4.90 Å². The normalized spacial score (nSPS) is 18.5. The Kier molecular flexibility index (Phi) is 4.44. The summed E-state index contributed by atoms with van der Waals surface area (Å²) in [6.45, 7) is 5.25. The topological polar surface area (TPSA) is 77.2 Å². The largest absolute Gasteiger partial charge is 0.594 e. The number of rotatable bonds is 4. The minimum absolute atomic E-state index is 0.404. The Morgan fingerprint density at radius 2 is 2.04 bits per heavy atom. The summed E-state index contributed by atoms with van der Waals surface area (Å²) in [5.74, 6) is 0.404. The van der Waals surface area contributed by atoms with E-state index in [0.29, 0.717) is 16.3 Å². The lowest BCUT2D eigenvalue weighted by atomic mass is 10.1. The number of aryl methyl sites for hydroxylation is 2. The Morgan fingerprint density at radius 3 is 2.96 bits per heavy atom. The average Bonchev–Trinajstić information content (AvgIpc) is 2.87. The molecule has 0 atom stereocenters. The number of benzene rings is 1. The van der Waals surface area contributed by atoms with Gasteiger partial charge in [-0.2, -0.15) is 0 Å². The highest BCUT2D eigenvalue weighted by Gasteiger charge is 2.18. The fraction of sp³-hybridized carbons (Fsp3) is 0.588. The molecule has 2 aromatic rings. The van der Waals surface area contributed by atoms with Crippen LogP contribution in [0.2, 0.25) is 0 Å². The summed E-state index contributed by atoms with van der Waals surface area (Å²) >= 11 is 0. The molecular weight excluding hydrogens is 306 g/mol. The van der Waals surface area contributed by atoms with E-state index in [4.69, 9.17) is 4.74 Å². The number of fused-ring (bicyclic) bond motifs is 2. The van der Waals surface area contributed by atoms with Crippen LogP contribution in [-0.2, 0) is 17.6 Å². The van der Waals surface area contributed by atoms with Gasteiger partial charge in [0.1, 0.15) is 5.52 Å². The first-order valence-corrected chi connectivity index (χ1v) is 8.77. The third-order valence-electron chi connectivity index (χ3n) is 4.83. The van der Waals surface area contributed by atoms with Crippen molar-refractivity contribution < 1.29 is 9.58 Å². The van der Waals surface area contributed by atoms with Crippen LogP contribution < -0.4 is 10.2 Å². The van der Waals surface area contributed by atoms with Crippen molar-refractivity contribution in [2.75, 3.05) is 44.7 Å². The van der Waals surface area contributed by atoms with Crippen LogP contribution in [0.1, 0.15) is 24.0 Å². The molecule has 7 heteroatoms. The van der Waals surface area contributed by atoms with Crippen molar-refractivity contribution in [2.45, 2.75) is 25.7 Å². The van der Waals surface area contributed by atoms with Crippen LogP contribution >= 0.6 is 0 Å². The molecule has 1 aliphatic heterocycles. The second-order valence-electron chi connectivity index (χ2n) is 6.51. The van der Waals surface area contributed by atoms with Gasteiger partial charge in [-0.25, -0.2) is 4.98 Å². The predicted molar refractivity (Wildman–Crippen MR) is 90.9 cm³/mol. The molecule has 0 spiro atoms. The third-order valence-corrected chi connectivity index (χ3v) is 4.83. The van der Waals surface area contributed by atoms with Crippen molar-refractivity contribution in [3.8, 4) is 0 Å². The Morgan fingerprint density at radius 1 is 1.17 bits per heavy atom. The van der Waals surface area contributed by atoms with Crippen molar-refractivity contribution >= 4 is 17.0 Å². The molecule has 1 aliphatic carbocycles. The van der Waals surface area contributed by atoms with E-state index in [1.807, 2.05) is 12.1 Å². The van der Waals surface area contributed by atoms with E-state index >= 15 is 0 Å². The molecule has 128 valence electrons. The molecule has 1 saturated heterocycles. The summed E-state index contributed by atoms with van der Waals surface area (Å²) in [6.07, 6.45) is 4.35. The highest BCUT2D eigenvalue weighted by Crippen LogP contribution is 2.25. The van der Waals surface area contributed by atoms with Gasteiger partial charge < -0.3 is 15.3 Å². The lowest BCUT2D eigenvalue weighted by Gasteiger charge is -2.18. The van der Waals surface area contributed by atoms with Crippen molar-refractivity contribution in [1.82, 2.24) is 15.0 Å². The molecule has 0 amide bonds. The molecular formula is C17H23N5O2. The van der Waals surface area contributed by atoms with Gasteiger partial charge in [0, 0.05) is 38.9 Å².